The Morgan fingerprint density at radius 2 is 2.04 bits per heavy atom. The molecule has 1 aliphatic rings. The fraction of sp³-hybridized carbons (Fsp3) is 0.278. The molecule has 0 atom stereocenters. The average Bonchev–Trinajstić information content (AvgIpc) is 3.37. The van der Waals surface area contributed by atoms with E-state index < -0.39 is 0 Å². The van der Waals surface area contributed by atoms with Crippen LogP contribution in [-0.2, 0) is 4.79 Å². The molecule has 0 saturated heterocycles. The van der Waals surface area contributed by atoms with Gasteiger partial charge in [0.25, 0.3) is 0 Å². The number of carbonyl (C=O) groups is 1. The Morgan fingerprint density at radius 3 is 2.86 bits per heavy atom. The van der Waals surface area contributed by atoms with Gasteiger partial charge in [-0.2, -0.15) is 5.10 Å². The monoisotopic (exact) mass is 411 g/mol. The molecule has 4 aromatic heterocycles. The van der Waals surface area contributed by atoms with Crippen LogP contribution in [0.3, 0.4) is 0 Å². The van der Waals surface area contributed by atoms with Crippen molar-refractivity contribution >= 4 is 46.5 Å². The molecule has 1 fully saturated rings. The van der Waals surface area contributed by atoms with Gasteiger partial charge in [0.2, 0.25) is 11.1 Å². The Balaban J connectivity index is 1.40. The Kier molecular flexibility index (Phi) is 4.44. The summed E-state index contributed by atoms with van der Waals surface area (Å²) >= 11 is 3.21. The van der Waals surface area contributed by atoms with Crippen LogP contribution in [0.2, 0.25) is 0 Å². The number of rotatable bonds is 6. The van der Waals surface area contributed by atoms with Crippen LogP contribution in [0.4, 0.5) is 5.82 Å². The van der Waals surface area contributed by atoms with E-state index in [0.717, 1.165) is 34.4 Å². The highest BCUT2D eigenvalue weighted by Gasteiger charge is 2.30. The summed E-state index contributed by atoms with van der Waals surface area (Å²) in [5.74, 6) is 1.71. The molecule has 0 spiro atoms. The molecule has 28 heavy (non-hydrogen) atoms. The third-order valence-corrected chi connectivity index (χ3v) is 6.10. The highest BCUT2D eigenvalue weighted by Crippen LogP contribution is 2.30. The van der Waals surface area contributed by atoms with Crippen molar-refractivity contribution in [2.75, 3.05) is 11.1 Å². The van der Waals surface area contributed by atoms with Crippen LogP contribution < -0.4 is 5.32 Å². The highest BCUT2D eigenvalue weighted by atomic mass is 32.2. The van der Waals surface area contributed by atoms with E-state index in [0.29, 0.717) is 11.5 Å². The third kappa shape index (κ3) is 3.45. The zero-order valence-electron chi connectivity index (χ0n) is 15.1. The number of anilines is 1. The van der Waals surface area contributed by atoms with Gasteiger partial charge in [-0.1, -0.05) is 6.92 Å². The summed E-state index contributed by atoms with van der Waals surface area (Å²) < 4.78 is 3.65. The molecular weight excluding hydrogens is 394 g/mol. The van der Waals surface area contributed by atoms with Crippen LogP contribution in [0, 0.1) is 5.92 Å². The SMILES string of the molecule is CCSc1ccc2nnc(Sc3ccc4nc(NC(=O)C5CC5)cn4n3)n2c1. The average molecular weight is 412 g/mol. The number of amides is 1. The molecule has 0 aliphatic heterocycles. The lowest BCUT2D eigenvalue weighted by molar-refractivity contribution is -0.117. The van der Waals surface area contributed by atoms with Crippen molar-refractivity contribution in [3.05, 3.63) is 36.7 Å². The van der Waals surface area contributed by atoms with E-state index in [4.69, 9.17) is 0 Å². The molecule has 0 unspecified atom stereocenters. The first-order valence-electron chi connectivity index (χ1n) is 9.02. The zero-order chi connectivity index (χ0) is 19.1. The summed E-state index contributed by atoms with van der Waals surface area (Å²) in [6, 6.07) is 7.80. The number of carbonyl (C=O) groups excluding carboxylic acids is 1. The maximum Gasteiger partial charge on any atom is 0.228 e. The lowest BCUT2D eigenvalue weighted by Gasteiger charge is -2.02. The molecule has 8 nitrogen and oxygen atoms in total. The van der Waals surface area contributed by atoms with E-state index in [1.54, 1.807) is 22.5 Å². The minimum absolute atomic E-state index is 0.0358. The minimum atomic E-state index is 0.0358. The lowest BCUT2D eigenvalue weighted by atomic mass is 10.4. The molecule has 4 heterocycles. The van der Waals surface area contributed by atoms with Gasteiger partial charge in [0, 0.05) is 17.0 Å². The number of hydrogen-bond donors (Lipinski definition) is 1. The molecule has 1 amide bonds. The van der Waals surface area contributed by atoms with E-state index in [9.17, 15) is 4.79 Å². The van der Waals surface area contributed by atoms with Gasteiger partial charge < -0.3 is 5.32 Å². The van der Waals surface area contributed by atoms with Gasteiger partial charge >= 0.3 is 0 Å². The first kappa shape index (κ1) is 17.5. The largest absolute Gasteiger partial charge is 0.309 e. The number of nitrogens with one attached hydrogen (secondary N) is 1. The van der Waals surface area contributed by atoms with Crippen molar-refractivity contribution < 1.29 is 4.79 Å². The van der Waals surface area contributed by atoms with Gasteiger partial charge in [-0.25, -0.2) is 9.50 Å². The number of imidazole rings is 1. The first-order chi connectivity index (χ1) is 13.7. The van der Waals surface area contributed by atoms with Crippen LogP contribution >= 0.6 is 23.5 Å². The van der Waals surface area contributed by atoms with Crippen molar-refractivity contribution in [2.24, 2.45) is 5.92 Å². The predicted octanol–water partition coefficient (Wildman–Crippen LogP) is 3.38. The molecule has 1 N–H and O–H groups in total. The molecule has 142 valence electrons. The number of nitrogens with zero attached hydrogens (tertiary/aromatic N) is 6. The smallest absolute Gasteiger partial charge is 0.228 e. The number of aromatic nitrogens is 6. The molecule has 0 aromatic carbocycles. The fourth-order valence-corrected chi connectivity index (χ4v) is 4.27. The second kappa shape index (κ2) is 7.10. The normalized spacial score (nSPS) is 14.0. The predicted molar refractivity (Wildman–Crippen MR) is 108 cm³/mol. The van der Waals surface area contributed by atoms with E-state index in [-0.39, 0.29) is 11.8 Å². The van der Waals surface area contributed by atoms with Gasteiger partial charge in [-0.05, 0) is 54.6 Å². The van der Waals surface area contributed by atoms with E-state index >= 15 is 0 Å². The van der Waals surface area contributed by atoms with E-state index in [2.05, 4.69) is 38.6 Å². The van der Waals surface area contributed by atoms with E-state index in [1.165, 1.54) is 16.7 Å². The van der Waals surface area contributed by atoms with Gasteiger partial charge in [0.1, 0.15) is 5.03 Å². The Labute approximate surface area is 169 Å². The van der Waals surface area contributed by atoms with Crippen molar-refractivity contribution in [2.45, 2.75) is 34.8 Å². The first-order valence-corrected chi connectivity index (χ1v) is 10.8. The number of pyridine rings is 1. The number of thioether (sulfide) groups is 1. The van der Waals surface area contributed by atoms with Gasteiger partial charge in [-0.15, -0.1) is 22.0 Å². The Bertz CT molecular complexity index is 1180. The Hall–Kier alpha value is -2.59. The Morgan fingerprint density at radius 1 is 1.18 bits per heavy atom. The topological polar surface area (TPSA) is 89.5 Å². The second-order valence-electron chi connectivity index (χ2n) is 6.47. The minimum Gasteiger partial charge on any atom is -0.309 e. The van der Waals surface area contributed by atoms with Crippen molar-refractivity contribution in [3.8, 4) is 0 Å². The van der Waals surface area contributed by atoms with E-state index in [1.807, 2.05) is 28.8 Å². The number of fused-ring (bicyclic) bond motifs is 2. The second-order valence-corrected chi connectivity index (χ2v) is 8.80. The molecule has 10 heteroatoms. The standard InChI is InChI=1S/C18H17N7OS2/c1-2-27-12-5-6-15-21-22-18(24(15)9-12)28-16-8-7-14-19-13(10-25(14)23-16)20-17(26)11-3-4-11/h5-11H,2-4H2,1H3,(H,20,26). The van der Waals surface area contributed by atoms with Gasteiger partial charge in [0.05, 0.1) is 6.20 Å². The summed E-state index contributed by atoms with van der Waals surface area (Å²) in [7, 11) is 0. The van der Waals surface area contributed by atoms with Crippen LogP contribution in [0.15, 0.2) is 51.7 Å². The molecule has 0 radical (unpaired) electrons. The molecule has 0 bridgehead atoms. The maximum absolute atomic E-state index is 11.9. The summed E-state index contributed by atoms with van der Waals surface area (Å²) in [6.07, 6.45) is 5.71. The quantitative estimate of drug-likeness (QED) is 0.487. The summed E-state index contributed by atoms with van der Waals surface area (Å²) in [5.41, 5.74) is 1.49. The highest BCUT2D eigenvalue weighted by molar-refractivity contribution is 7.99. The van der Waals surface area contributed by atoms with Crippen LogP contribution in [0.25, 0.3) is 11.3 Å². The lowest BCUT2D eigenvalue weighted by Crippen LogP contribution is -2.13. The molecule has 1 aliphatic carbocycles. The van der Waals surface area contributed by atoms with Crippen molar-refractivity contribution in [1.29, 1.82) is 0 Å². The zero-order valence-corrected chi connectivity index (χ0v) is 16.7. The third-order valence-electron chi connectivity index (χ3n) is 4.35. The van der Waals surface area contributed by atoms with Crippen molar-refractivity contribution in [3.63, 3.8) is 0 Å². The fourth-order valence-electron chi connectivity index (χ4n) is 2.82. The molecule has 4 aromatic rings. The molecule has 5 rings (SSSR count). The van der Waals surface area contributed by atoms with Gasteiger partial charge in [0.15, 0.2) is 17.1 Å². The van der Waals surface area contributed by atoms with Gasteiger partial charge in [-0.3, -0.25) is 9.20 Å². The molecular formula is C18H17N7OS2. The molecule has 1 saturated carbocycles. The van der Waals surface area contributed by atoms with Crippen LogP contribution in [0.5, 0.6) is 0 Å². The summed E-state index contributed by atoms with van der Waals surface area (Å²) in [6.45, 7) is 2.13. The maximum atomic E-state index is 11.9. The number of hydrogen-bond acceptors (Lipinski definition) is 7. The van der Waals surface area contributed by atoms with Crippen molar-refractivity contribution in [1.82, 2.24) is 29.2 Å². The summed E-state index contributed by atoms with van der Waals surface area (Å²) in [4.78, 5) is 17.5. The van der Waals surface area contributed by atoms with Crippen LogP contribution in [0.1, 0.15) is 19.8 Å². The summed E-state index contributed by atoms with van der Waals surface area (Å²) in [5, 5.41) is 17.5. The van der Waals surface area contributed by atoms with Crippen LogP contribution in [-0.4, -0.2) is 40.9 Å².